The summed E-state index contributed by atoms with van der Waals surface area (Å²) in [4.78, 5) is 0. The minimum atomic E-state index is -3.19. The van der Waals surface area contributed by atoms with Crippen LogP contribution in [0.4, 0.5) is 17.1 Å². The molecule has 168 valence electrons. The molecule has 0 aliphatic heterocycles. The highest BCUT2D eigenvalue weighted by molar-refractivity contribution is 7.90. The van der Waals surface area contributed by atoms with Crippen LogP contribution in [0.2, 0.25) is 0 Å². The predicted octanol–water partition coefficient (Wildman–Crippen LogP) is 6.02. The first-order chi connectivity index (χ1) is 14.7. The number of nitrogens with one attached hydrogen (secondary N) is 2. The second-order valence-corrected chi connectivity index (χ2v) is 11.1. The van der Waals surface area contributed by atoms with Gasteiger partial charge in [-0.15, -0.1) is 0 Å². The molecule has 0 atom stereocenters. The lowest BCUT2D eigenvalue weighted by Crippen LogP contribution is -2.41. The molecule has 0 amide bonds. The molecule has 2 N–H and O–H groups in total. The molecule has 2 aromatic carbocycles. The summed E-state index contributed by atoms with van der Waals surface area (Å²) < 4.78 is 27.0. The van der Waals surface area contributed by atoms with Crippen molar-refractivity contribution in [2.45, 2.75) is 64.7 Å². The van der Waals surface area contributed by atoms with Crippen molar-refractivity contribution >= 4 is 27.1 Å². The van der Waals surface area contributed by atoms with Crippen LogP contribution in [0.15, 0.2) is 52.7 Å². The highest BCUT2D eigenvalue weighted by atomic mass is 32.2. The predicted molar refractivity (Wildman–Crippen MR) is 128 cm³/mol. The van der Waals surface area contributed by atoms with Crippen molar-refractivity contribution in [3.05, 3.63) is 53.6 Å². The topological polar surface area (TPSA) is 82.9 Å². The molecule has 1 aliphatic rings. The lowest BCUT2D eigenvalue weighted by atomic mass is 9.86. The number of aryl methyl sites for hydroxylation is 2. The van der Waals surface area contributed by atoms with Gasteiger partial charge in [0.1, 0.15) is 0 Å². The Kier molecular flexibility index (Phi) is 7.84. The Hall–Kier alpha value is -2.25. The highest BCUT2D eigenvalue weighted by Crippen LogP contribution is 2.28. The van der Waals surface area contributed by atoms with Crippen molar-refractivity contribution in [2.24, 2.45) is 16.1 Å². The molecule has 0 aromatic heterocycles. The van der Waals surface area contributed by atoms with E-state index >= 15 is 0 Å². The Morgan fingerprint density at radius 1 is 0.968 bits per heavy atom. The fraction of sp³-hybridized carbons (Fsp3) is 0.500. The molecule has 0 heterocycles. The summed E-state index contributed by atoms with van der Waals surface area (Å²) in [5, 5.41) is 11.9. The van der Waals surface area contributed by atoms with E-state index in [1.54, 1.807) is 13.8 Å². The molecule has 1 saturated carbocycles. The van der Waals surface area contributed by atoms with Gasteiger partial charge in [-0.25, -0.2) is 13.1 Å². The quantitative estimate of drug-likeness (QED) is 0.491. The van der Waals surface area contributed by atoms with Crippen molar-refractivity contribution < 1.29 is 8.42 Å². The zero-order chi connectivity index (χ0) is 22.4. The number of anilines is 1. The molecule has 3 rings (SSSR count). The summed E-state index contributed by atoms with van der Waals surface area (Å²) in [6, 6.07) is 14.1. The van der Waals surface area contributed by atoms with Crippen LogP contribution in [0, 0.1) is 19.8 Å². The van der Waals surface area contributed by atoms with Crippen LogP contribution in [0.3, 0.4) is 0 Å². The largest absolute Gasteiger partial charge is 0.385 e. The van der Waals surface area contributed by atoms with E-state index in [4.69, 9.17) is 0 Å². The molecule has 0 unspecified atom stereocenters. The first-order valence-electron chi connectivity index (χ1n) is 11.1. The van der Waals surface area contributed by atoms with Crippen molar-refractivity contribution in [1.82, 2.24) is 4.72 Å². The van der Waals surface area contributed by atoms with E-state index in [1.165, 1.54) is 0 Å². The normalized spacial score (nSPS) is 19.8. The maximum atomic E-state index is 12.1. The van der Waals surface area contributed by atoms with Crippen molar-refractivity contribution in [3.8, 4) is 0 Å². The van der Waals surface area contributed by atoms with Crippen LogP contribution in [0.25, 0.3) is 0 Å². The third kappa shape index (κ3) is 6.61. The van der Waals surface area contributed by atoms with Gasteiger partial charge in [0.25, 0.3) is 0 Å². The Bertz CT molecular complexity index is 1010. The van der Waals surface area contributed by atoms with E-state index < -0.39 is 10.0 Å². The van der Waals surface area contributed by atoms with Crippen LogP contribution in [-0.2, 0) is 10.0 Å². The monoisotopic (exact) mass is 442 g/mol. The molecule has 1 aliphatic carbocycles. The summed E-state index contributed by atoms with van der Waals surface area (Å²) in [7, 11) is -3.19. The van der Waals surface area contributed by atoms with Gasteiger partial charge in [-0.05, 0) is 94.7 Å². The minimum Gasteiger partial charge on any atom is -0.385 e. The van der Waals surface area contributed by atoms with Crippen molar-refractivity contribution in [2.75, 3.05) is 11.9 Å². The number of hydrogen-bond donors (Lipinski definition) is 2. The average molecular weight is 443 g/mol. The van der Waals surface area contributed by atoms with E-state index in [1.807, 2.05) is 43.3 Å². The summed E-state index contributed by atoms with van der Waals surface area (Å²) >= 11 is 0. The maximum absolute atomic E-state index is 12.1. The van der Waals surface area contributed by atoms with Gasteiger partial charge in [0, 0.05) is 18.3 Å². The molecule has 1 fully saturated rings. The summed E-state index contributed by atoms with van der Waals surface area (Å²) in [5.41, 5.74) is 5.07. The average Bonchev–Trinajstić information content (AvgIpc) is 2.73. The Morgan fingerprint density at radius 3 is 2.32 bits per heavy atom. The minimum absolute atomic E-state index is 0.0725. The van der Waals surface area contributed by atoms with Gasteiger partial charge in [-0.3, -0.25) is 0 Å². The SMILES string of the molecule is Cc1ccccc1/N=N/c1ccc(NCC2CCC(NS(=O)(=O)C(C)C)CC2)c(C)c1. The fourth-order valence-corrected chi connectivity index (χ4v) is 4.78. The van der Waals surface area contributed by atoms with Crippen LogP contribution in [-0.4, -0.2) is 26.3 Å². The van der Waals surface area contributed by atoms with Crippen LogP contribution in [0.5, 0.6) is 0 Å². The van der Waals surface area contributed by atoms with Gasteiger partial charge in [0.05, 0.1) is 16.6 Å². The van der Waals surface area contributed by atoms with E-state index in [0.717, 1.165) is 60.4 Å². The van der Waals surface area contributed by atoms with E-state index in [-0.39, 0.29) is 11.3 Å². The number of benzene rings is 2. The van der Waals surface area contributed by atoms with Crippen molar-refractivity contribution in [1.29, 1.82) is 0 Å². The number of nitrogens with zero attached hydrogens (tertiary/aromatic N) is 2. The fourth-order valence-electron chi connectivity index (χ4n) is 3.80. The molecule has 0 spiro atoms. The lowest BCUT2D eigenvalue weighted by molar-refractivity contribution is 0.323. The van der Waals surface area contributed by atoms with E-state index in [2.05, 4.69) is 33.3 Å². The molecule has 2 aromatic rings. The molecule has 7 heteroatoms. The third-order valence-corrected chi connectivity index (χ3v) is 7.88. The standard InChI is InChI=1S/C24H34N4O2S/c1-17(2)31(29,30)28-21-11-9-20(10-12-21)16-25-23-14-13-22(15-19(23)4)26-27-24-8-6-5-7-18(24)3/h5-8,13-15,17,20-21,25,28H,9-12,16H2,1-4H3/b27-26+. The van der Waals surface area contributed by atoms with Gasteiger partial charge in [0.15, 0.2) is 0 Å². The van der Waals surface area contributed by atoms with Gasteiger partial charge < -0.3 is 5.32 Å². The van der Waals surface area contributed by atoms with Crippen molar-refractivity contribution in [3.63, 3.8) is 0 Å². The summed E-state index contributed by atoms with van der Waals surface area (Å²) in [6.45, 7) is 8.44. The molecule has 0 bridgehead atoms. The first kappa shape index (κ1) is 23.4. The lowest BCUT2D eigenvalue weighted by Gasteiger charge is -2.30. The molecule has 6 nitrogen and oxygen atoms in total. The van der Waals surface area contributed by atoms with Crippen LogP contribution >= 0.6 is 0 Å². The smallest absolute Gasteiger partial charge is 0.214 e. The molecule has 31 heavy (non-hydrogen) atoms. The van der Waals surface area contributed by atoms with Gasteiger partial charge in [-0.1, -0.05) is 18.2 Å². The second kappa shape index (κ2) is 10.4. The Morgan fingerprint density at radius 2 is 1.68 bits per heavy atom. The number of hydrogen-bond acceptors (Lipinski definition) is 5. The van der Waals surface area contributed by atoms with Crippen LogP contribution in [0.1, 0.15) is 50.7 Å². The second-order valence-electron chi connectivity index (χ2n) is 8.80. The van der Waals surface area contributed by atoms with Crippen LogP contribution < -0.4 is 10.0 Å². The van der Waals surface area contributed by atoms with Gasteiger partial charge in [0.2, 0.25) is 10.0 Å². The number of rotatable bonds is 8. The molecular weight excluding hydrogens is 408 g/mol. The van der Waals surface area contributed by atoms with Gasteiger partial charge in [-0.2, -0.15) is 10.2 Å². The summed E-state index contributed by atoms with van der Waals surface area (Å²) in [6.07, 6.45) is 3.85. The number of azo groups is 1. The zero-order valence-corrected chi connectivity index (χ0v) is 19.7. The van der Waals surface area contributed by atoms with Gasteiger partial charge >= 0.3 is 0 Å². The van der Waals surface area contributed by atoms with E-state index in [0.29, 0.717) is 5.92 Å². The maximum Gasteiger partial charge on any atom is 0.214 e. The zero-order valence-electron chi connectivity index (χ0n) is 18.9. The highest BCUT2D eigenvalue weighted by Gasteiger charge is 2.26. The molecule has 0 radical (unpaired) electrons. The first-order valence-corrected chi connectivity index (χ1v) is 12.6. The molecular formula is C24H34N4O2S. The molecule has 0 saturated heterocycles. The van der Waals surface area contributed by atoms with E-state index in [9.17, 15) is 8.42 Å². The Labute approximate surface area is 186 Å². The Balaban J connectivity index is 1.50. The summed E-state index contributed by atoms with van der Waals surface area (Å²) in [5.74, 6) is 0.555. The number of sulfonamides is 1. The third-order valence-electron chi connectivity index (χ3n) is 5.98.